The molecule has 104 valence electrons. The molecule has 1 aliphatic rings. The summed E-state index contributed by atoms with van der Waals surface area (Å²) in [6, 6.07) is 6.09. The van der Waals surface area contributed by atoms with Crippen molar-refractivity contribution in [3.05, 3.63) is 29.3 Å². The molecule has 0 bridgehead atoms. The highest BCUT2D eigenvalue weighted by Crippen LogP contribution is 2.19. The van der Waals surface area contributed by atoms with Crippen molar-refractivity contribution in [1.82, 2.24) is 4.90 Å². The highest BCUT2D eigenvalue weighted by atomic mass is 16.5. The maximum absolute atomic E-state index is 12.5. The lowest BCUT2D eigenvalue weighted by atomic mass is 10.0. The molecule has 4 heteroatoms. The number of benzene rings is 1. The van der Waals surface area contributed by atoms with Gasteiger partial charge in [-0.25, -0.2) is 0 Å². The number of amides is 1. The minimum absolute atomic E-state index is 0.0950. The fourth-order valence-electron chi connectivity index (χ4n) is 2.52. The molecule has 0 unspecified atom stereocenters. The van der Waals surface area contributed by atoms with Crippen LogP contribution in [0, 0.1) is 6.92 Å². The molecule has 1 aromatic rings. The first-order chi connectivity index (χ1) is 9.13. The van der Waals surface area contributed by atoms with E-state index in [0.717, 1.165) is 42.9 Å². The molecule has 4 nitrogen and oxygen atoms in total. The summed E-state index contributed by atoms with van der Waals surface area (Å²) in [6.45, 7) is 3.51. The standard InChI is InChI=1S/C15H22N2O2/c1-11-10-12(4-5-14(11)16-2)15(18)17(3)13-6-8-19-9-7-13/h4-5,10,13,16H,6-9H2,1-3H3. The van der Waals surface area contributed by atoms with E-state index in [1.807, 2.05) is 44.1 Å². The van der Waals surface area contributed by atoms with E-state index in [-0.39, 0.29) is 5.91 Å². The maximum atomic E-state index is 12.5. The number of carbonyl (C=O) groups excluding carboxylic acids is 1. The molecule has 1 amide bonds. The Kier molecular flexibility index (Phi) is 4.43. The Labute approximate surface area is 114 Å². The molecule has 2 rings (SSSR count). The fourth-order valence-corrected chi connectivity index (χ4v) is 2.52. The van der Waals surface area contributed by atoms with Crippen LogP contribution in [-0.4, -0.2) is 44.2 Å². The molecular formula is C15H22N2O2. The number of rotatable bonds is 3. The first-order valence-electron chi connectivity index (χ1n) is 6.77. The third-order valence-electron chi connectivity index (χ3n) is 3.80. The third kappa shape index (κ3) is 3.07. The topological polar surface area (TPSA) is 41.6 Å². The van der Waals surface area contributed by atoms with E-state index >= 15 is 0 Å². The van der Waals surface area contributed by atoms with Crippen LogP contribution in [0.1, 0.15) is 28.8 Å². The monoisotopic (exact) mass is 262 g/mol. The first-order valence-corrected chi connectivity index (χ1v) is 6.77. The summed E-state index contributed by atoms with van der Waals surface area (Å²) in [5, 5.41) is 3.11. The third-order valence-corrected chi connectivity index (χ3v) is 3.80. The number of ether oxygens (including phenoxy) is 1. The van der Waals surface area contributed by atoms with Crippen LogP contribution in [0.4, 0.5) is 5.69 Å². The predicted molar refractivity (Wildman–Crippen MR) is 76.7 cm³/mol. The van der Waals surface area contributed by atoms with Crippen molar-refractivity contribution in [3.63, 3.8) is 0 Å². The average molecular weight is 262 g/mol. The molecule has 0 aromatic heterocycles. The Hall–Kier alpha value is -1.55. The van der Waals surface area contributed by atoms with Gasteiger partial charge in [0, 0.05) is 44.6 Å². The fraction of sp³-hybridized carbons (Fsp3) is 0.533. The summed E-state index contributed by atoms with van der Waals surface area (Å²) in [4.78, 5) is 14.3. The van der Waals surface area contributed by atoms with Gasteiger partial charge in [-0.3, -0.25) is 4.79 Å². The van der Waals surface area contributed by atoms with Gasteiger partial charge in [0.2, 0.25) is 0 Å². The zero-order valence-electron chi connectivity index (χ0n) is 11.9. The number of carbonyl (C=O) groups is 1. The van der Waals surface area contributed by atoms with Crippen LogP contribution in [-0.2, 0) is 4.74 Å². The Balaban J connectivity index is 2.12. The van der Waals surface area contributed by atoms with E-state index < -0.39 is 0 Å². The van der Waals surface area contributed by atoms with Gasteiger partial charge in [-0.15, -0.1) is 0 Å². The number of hydrogen-bond donors (Lipinski definition) is 1. The molecule has 1 saturated heterocycles. The molecular weight excluding hydrogens is 240 g/mol. The van der Waals surface area contributed by atoms with E-state index in [0.29, 0.717) is 6.04 Å². The van der Waals surface area contributed by atoms with Crippen molar-refractivity contribution in [2.45, 2.75) is 25.8 Å². The second kappa shape index (κ2) is 6.06. The Morgan fingerprint density at radius 1 is 1.37 bits per heavy atom. The number of nitrogens with one attached hydrogen (secondary N) is 1. The largest absolute Gasteiger partial charge is 0.388 e. The van der Waals surface area contributed by atoms with Crippen LogP contribution in [0.2, 0.25) is 0 Å². The number of anilines is 1. The highest BCUT2D eigenvalue weighted by Gasteiger charge is 2.23. The normalized spacial score (nSPS) is 16.2. The molecule has 0 atom stereocenters. The molecule has 1 aliphatic heterocycles. The SMILES string of the molecule is CNc1ccc(C(=O)N(C)C2CCOCC2)cc1C. The van der Waals surface area contributed by atoms with E-state index in [2.05, 4.69) is 5.32 Å². The quantitative estimate of drug-likeness (QED) is 0.908. The molecule has 1 heterocycles. The van der Waals surface area contributed by atoms with Crippen LogP contribution < -0.4 is 5.32 Å². The average Bonchev–Trinajstić information content (AvgIpc) is 2.46. The van der Waals surface area contributed by atoms with Crippen molar-refractivity contribution in [1.29, 1.82) is 0 Å². The van der Waals surface area contributed by atoms with Crippen molar-refractivity contribution in [2.75, 3.05) is 32.6 Å². The lowest BCUT2D eigenvalue weighted by Gasteiger charge is -2.31. The summed E-state index contributed by atoms with van der Waals surface area (Å²) in [6.07, 6.45) is 1.85. The van der Waals surface area contributed by atoms with Crippen molar-refractivity contribution in [3.8, 4) is 0 Å². The van der Waals surface area contributed by atoms with E-state index in [4.69, 9.17) is 4.74 Å². The van der Waals surface area contributed by atoms with Gasteiger partial charge in [0.25, 0.3) is 5.91 Å². The molecule has 19 heavy (non-hydrogen) atoms. The number of aryl methyl sites for hydroxylation is 1. The molecule has 0 radical (unpaired) electrons. The van der Waals surface area contributed by atoms with Gasteiger partial charge in [0.05, 0.1) is 0 Å². The summed E-state index contributed by atoms with van der Waals surface area (Å²) >= 11 is 0. The zero-order valence-corrected chi connectivity index (χ0v) is 11.9. The molecule has 0 aliphatic carbocycles. The predicted octanol–water partition coefficient (Wildman–Crippen LogP) is 2.29. The summed E-state index contributed by atoms with van der Waals surface area (Å²) in [7, 11) is 3.78. The molecule has 1 N–H and O–H groups in total. The smallest absolute Gasteiger partial charge is 0.253 e. The van der Waals surface area contributed by atoms with Gasteiger partial charge in [0.15, 0.2) is 0 Å². The second-order valence-electron chi connectivity index (χ2n) is 5.04. The van der Waals surface area contributed by atoms with Crippen LogP contribution in [0.15, 0.2) is 18.2 Å². The van der Waals surface area contributed by atoms with Crippen molar-refractivity contribution >= 4 is 11.6 Å². The van der Waals surface area contributed by atoms with Gasteiger partial charge in [-0.05, 0) is 43.5 Å². The Morgan fingerprint density at radius 3 is 2.63 bits per heavy atom. The first kappa shape index (κ1) is 13.9. The van der Waals surface area contributed by atoms with E-state index in [9.17, 15) is 4.79 Å². The van der Waals surface area contributed by atoms with Crippen LogP contribution in [0.25, 0.3) is 0 Å². The summed E-state index contributed by atoms with van der Waals surface area (Å²) < 4.78 is 5.34. The molecule has 1 aromatic carbocycles. The van der Waals surface area contributed by atoms with Crippen LogP contribution >= 0.6 is 0 Å². The molecule has 0 saturated carbocycles. The zero-order chi connectivity index (χ0) is 13.8. The van der Waals surface area contributed by atoms with Gasteiger partial charge in [0.1, 0.15) is 0 Å². The van der Waals surface area contributed by atoms with Gasteiger partial charge < -0.3 is 15.0 Å². The Morgan fingerprint density at radius 2 is 2.05 bits per heavy atom. The van der Waals surface area contributed by atoms with E-state index in [1.165, 1.54) is 0 Å². The van der Waals surface area contributed by atoms with Crippen molar-refractivity contribution in [2.24, 2.45) is 0 Å². The summed E-state index contributed by atoms with van der Waals surface area (Å²) in [5.41, 5.74) is 2.91. The summed E-state index contributed by atoms with van der Waals surface area (Å²) in [5.74, 6) is 0.0950. The van der Waals surface area contributed by atoms with Gasteiger partial charge in [-0.2, -0.15) is 0 Å². The Bertz CT molecular complexity index is 453. The van der Waals surface area contributed by atoms with E-state index in [1.54, 1.807) is 0 Å². The highest BCUT2D eigenvalue weighted by molar-refractivity contribution is 5.95. The maximum Gasteiger partial charge on any atom is 0.253 e. The van der Waals surface area contributed by atoms with Crippen molar-refractivity contribution < 1.29 is 9.53 Å². The number of hydrogen-bond acceptors (Lipinski definition) is 3. The van der Waals surface area contributed by atoms with Gasteiger partial charge >= 0.3 is 0 Å². The second-order valence-corrected chi connectivity index (χ2v) is 5.04. The number of nitrogens with zero attached hydrogens (tertiary/aromatic N) is 1. The molecule has 1 fully saturated rings. The lowest BCUT2D eigenvalue weighted by molar-refractivity contribution is 0.0362. The minimum Gasteiger partial charge on any atom is -0.388 e. The van der Waals surface area contributed by atoms with Crippen LogP contribution in [0.5, 0.6) is 0 Å². The lowest BCUT2D eigenvalue weighted by Crippen LogP contribution is -2.40. The van der Waals surface area contributed by atoms with Crippen LogP contribution in [0.3, 0.4) is 0 Å². The minimum atomic E-state index is 0.0950. The molecule has 0 spiro atoms. The van der Waals surface area contributed by atoms with Gasteiger partial charge in [-0.1, -0.05) is 0 Å².